The summed E-state index contributed by atoms with van der Waals surface area (Å²) >= 11 is 0. The van der Waals surface area contributed by atoms with E-state index in [1.807, 2.05) is 6.92 Å². The molecular weight excluding hydrogens is 218 g/mol. The van der Waals surface area contributed by atoms with Crippen molar-refractivity contribution in [2.24, 2.45) is 5.92 Å². The molecule has 1 heterocycles. The molecule has 17 heavy (non-hydrogen) atoms. The molecule has 1 amide bonds. The van der Waals surface area contributed by atoms with E-state index in [1.54, 1.807) is 6.20 Å². The first-order valence-electron chi connectivity index (χ1n) is 5.91. The monoisotopic (exact) mass is 235 g/mol. The SMILES string of the molecule is Cc1cnc(C(=O)NCC2CCCC2O)cn1. The van der Waals surface area contributed by atoms with Gasteiger partial charge in [-0.3, -0.25) is 9.78 Å². The van der Waals surface area contributed by atoms with Gasteiger partial charge in [-0.25, -0.2) is 4.98 Å². The van der Waals surface area contributed by atoms with Crippen LogP contribution in [0.15, 0.2) is 12.4 Å². The van der Waals surface area contributed by atoms with Gasteiger partial charge in [-0.15, -0.1) is 0 Å². The molecule has 1 saturated carbocycles. The number of amides is 1. The van der Waals surface area contributed by atoms with E-state index >= 15 is 0 Å². The summed E-state index contributed by atoms with van der Waals surface area (Å²) in [7, 11) is 0. The zero-order chi connectivity index (χ0) is 12.3. The molecule has 0 spiro atoms. The highest BCUT2D eigenvalue weighted by atomic mass is 16.3. The molecule has 1 fully saturated rings. The number of aromatic nitrogens is 2. The van der Waals surface area contributed by atoms with E-state index < -0.39 is 0 Å². The number of hydrogen-bond acceptors (Lipinski definition) is 4. The molecular formula is C12H17N3O2. The van der Waals surface area contributed by atoms with E-state index in [9.17, 15) is 9.90 Å². The van der Waals surface area contributed by atoms with Gasteiger partial charge in [0.15, 0.2) is 0 Å². The van der Waals surface area contributed by atoms with Crippen LogP contribution < -0.4 is 5.32 Å². The number of carbonyl (C=O) groups excluding carboxylic acids is 1. The van der Waals surface area contributed by atoms with Crippen LogP contribution in [0.25, 0.3) is 0 Å². The Bertz CT molecular complexity index is 391. The smallest absolute Gasteiger partial charge is 0.271 e. The van der Waals surface area contributed by atoms with Gasteiger partial charge >= 0.3 is 0 Å². The number of nitrogens with zero attached hydrogens (tertiary/aromatic N) is 2. The Kier molecular flexibility index (Phi) is 3.68. The van der Waals surface area contributed by atoms with Gasteiger partial charge in [0.25, 0.3) is 5.91 Å². The van der Waals surface area contributed by atoms with Crippen LogP contribution in [0.5, 0.6) is 0 Å². The number of carbonyl (C=O) groups is 1. The summed E-state index contributed by atoms with van der Waals surface area (Å²) in [6.45, 7) is 2.33. The summed E-state index contributed by atoms with van der Waals surface area (Å²) < 4.78 is 0. The summed E-state index contributed by atoms with van der Waals surface area (Å²) in [6, 6.07) is 0. The van der Waals surface area contributed by atoms with Crippen LogP contribution in [0, 0.1) is 12.8 Å². The Balaban J connectivity index is 1.87. The summed E-state index contributed by atoms with van der Waals surface area (Å²) in [5.74, 6) is -0.0473. The maximum atomic E-state index is 11.7. The molecule has 2 N–H and O–H groups in total. The lowest BCUT2D eigenvalue weighted by atomic mass is 10.1. The second kappa shape index (κ2) is 5.23. The average Bonchev–Trinajstić information content (AvgIpc) is 2.73. The Labute approximate surface area is 100 Å². The largest absolute Gasteiger partial charge is 0.393 e. The normalized spacial score (nSPS) is 23.6. The Hall–Kier alpha value is -1.49. The first-order chi connectivity index (χ1) is 8.16. The van der Waals surface area contributed by atoms with Crippen LogP contribution in [-0.2, 0) is 0 Å². The fraction of sp³-hybridized carbons (Fsp3) is 0.583. The van der Waals surface area contributed by atoms with Crippen molar-refractivity contribution < 1.29 is 9.90 Å². The van der Waals surface area contributed by atoms with Crippen molar-refractivity contribution in [3.05, 3.63) is 23.8 Å². The molecule has 92 valence electrons. The van der Waals surface area contributed by atoms with Gasteiger partial charge in [0, 0.05) is 18.7 Å². The van der Waals surface area contributed by atoms with Gasteiger partial charge in [0.1, 0.15) is 5.69 Å². The van der Waals surface area contributed by atoms with Crippen LogP contribution in [0.3, 0.4) is 0 Å². The van der Waals surface area contributed by atoms with Crippen LogP contribution in [0.1, 0.15) is 35.4 Å². The number of aliphatic hydroxyl groups excluding tert-OH is 1. The van der Waals surface area contributed by atoms with Crippen molar-refractivity contribution in [2.75, 3.05) is 6.54 Å². The van der Waals surface area contributed by atoms with E-state index in [0.29, 0.717) is 12.2 Å². The van der Waals surface area contributed by atoms with Gasteiger partial charge in [0.05, 0.1) is 18.0 Å². The van der Waals surface area contributed by atoms with Crippen molar-refractivity contribution in [1.82, 2.24) is 15.3 Å². The molecule has 1 aromatic rings. The van der Waals surface area contributed by atoms with E-state index in [-0.39, 0.29) is 17.9 Å². The van der Waals surface area contributed by atoms with Crippen molar-refractivity contribution >= 4 is 5.91 Å². The quantitative estimate of drug-likeness (QED) is 0.807. The Morgan fingerprint density at radius 2 is 2.29 bits per heavy atom. The molecule has 2 unspecified atom stereocenters. The lowest BCUT2D eigenvalue weighted by Gasteiger charge is -2.14. The third kappa shape index (κ3) is 3.00. The average molecular weight is 235 g/mol. The highest BCUT2D eigenvalue weighted by Crippen LogP contribution is 2.24. The molecule has 2 rings (SSSR count). The van der Waals surface area contributed by atoms with E-state index in [1.165, 1.54) is 6.20 Å². The standard InChI is InChI=1S/C12H17N3O2/c1-8-5-14-10(7-13-8)12(17)15-6-9-3-2-4-11(9)16/h5,7,9,11,16H,2-4,6H2,1H3,(H,15,17). The molecule has 0 bridgehead atoms. The van der Waals surface area contributed by atoms with Crippen LogP contribution >= 0.6 is 0 Å². The third-order valence-corrected chi connectivity index (χ3v) is 3.16. The summed E-state index contributed by atoms with van der Waals surface area (Å²) in [5.41, 5.74) is 1.11. The minimum absolute atomic E-state index is 0.178. The number of nitrogens with one attached hydrogen (secondary N) is 1. The first kappa shape index (κ1) is 12.0. The van der Waals surface area contributed by atoms with Crippen molar-refractivity contribution in [1.29, 1.82) is 0 Å². The predicted molar refractivity (Wildman–Crippen MR) is 62.5 cm³/mol. The van der Waals surface area contributed by atoms with Crippen molar-refractivity contribution in [2.45, 2.75) is 32.3 Å². The lowest BCUT2D eigenvalue weighted by Crippen LogP contribution is -2.32. The summed E-state index contributed by atoms with van der Waals surface area (Å²) in [6.07, 6.45) is 5.60. The number of hydrogen-bond donors (Lipinski definition) is 2. The molecule has 5 nitrogen and oxygen atoms in total. The van der Waals surface area contributed by atoms with Gasteiger partial charge in [-0.05, 0) is 19.8 Å². The molecule has 1 aromatic heterocycles. The van der Waals surface area contributed by atoms with Crippen LogP contribution in [0.4, 0.5) is 0 Å². The molecule has 0 radical (unpaired) electrons. The molecule has 5 heteroatoms. The highest BCUT2D eigenvalue weighted by Gasteiger charge is 2.25. The highest BCUT2D eigenvalue weighted by molar-refractivity contribution is 5.91. The summed E-state index contributed by atoms with van der Waals surface area (Å²) in [5, 5.41) is 12.4. The first-order valence-corrected chi connectivity index (χ1v) is 5.91. The molecule has 2 atom stereocenters. The molecule has 0 aromatic carbocycles. The number of rotatable bonds is 3. The minimum atomic E-state index is -0.278. The Morgan fingerprint density at radius 3 is 2.88 bits per heavy atom. The summed E-state index contributed by atoms with van der Waals surface area (Å²) in [4.78, 5) is 19.8. The molecule has 1 aliphatic carbocycles. The predicted octanol–water partition coefficient (Wildman–Crippen LogP) is 0.676. The van der Waals surface area contributed by atoms with E-state index in [4.69, 9.17) is 0 Å². The minimum Gasteiger partial charge on any atom is -0.393 e. The molecule has 0 aliphatic heterocycles. The Morgan fingerprint density at radius 1 is 1.47 bits per heavy atom. The second-order valence-electron chi connectivity index (χ2n) is 4.51. The van der Waals surface area contributed by atoms with E-state index in [2.05, 4.69) is 15.3 Å². The van der Waals surface area contributed by atoms with Gasteiger partial charge in [-0.1, -0.05) is 6.42 Å². The van der Waals surface area contributed by atoms with Crippen molar-refractivity contribution in [3.63, 3.8) is 0 Å². The number of aryl methyl sites for hydroxylation is 1. The molecule has 1 aliphatic rings. The zero-order valence-corrected chi connectivity index (χ0v) is 9.89. The van der Waals surface area contributed by atoms with Crippen LogP contribution in [0.2, 0.25) is 0 Å². The van der Waals surface area contributed by atoms with Crippen molar-refractivity contribution in [3.8, 4) is 0 Å². The maximum absolute atomic E-state index is 11.7. The fourth-order valence-corrected chi connectivity index (χ4v) is 2.08. The zero-order valence-electron chi connectivity index (χ0n) is 9.89. The van der Waals surface area contributed by atoms with Gasteiger partial charge < -0.3 is 10.4 Å². The lowest BCUT2D eigenvalue weighted by molar-refractivity contribution is 0.0911. The van der Waals surface area contributed by atoms with Gasteiger partial charge in [-0.2, -0.15) is 0 Å². The topological polar surface area (TPSA) is 75.1 Å². The van der Waals surface area contributed by atoms with Gasteiger partial charge in [0.2, 0.25) is 0 Å². The third-order valence-electron chi connectivity index (χ3n) is 3.16. The van der Waals surface area contributed by atoms with E-state index in [0.717, 1.165) is 25.0 Å². The second-order valence-corrected chi connectivity index (χ2v) is 4.51. The van der Waals surface area contributed by atoms with Crippen LogP contribution in [-0.4, -0.2) is 33.6 Å². The molecule has 0 saturated heterocycles. The number of aliphatic hydroxyl groups is 1. The fourth-order valence-electron chi connectivity index (χ4n) is 2.08. The maximum Gasteiger partial charge on any atom is 0.271 e.